The van der Waals surface area contributed by atoms with Gasteiger partial charge in [-0.3, -0.25) is 4.79 Å². The van der Waals surface area contributed by atoms with Crippen LogP contribution in [0.5, 0.6) is 0 Å². The number of anilines is 1. The highest BCUT2D eigenvalue weighted by Crippen LogP contribution is 2.27. The third-order valence-corrected chi connectivity index (χ3v) is 7.25. The smallest absolute Gasteiger partial charge is 0.243 e. The Labute approximate surface area is 157 Å². The largest absolute Gasteiger partial charge is 0.316 e. The van der Waals surface area contributed by atoms with E-state index in [2.05, 4.69) is 5.32 Å². The van der Waals surface area contributed by atoms with Crippen molar-refractivity contribution in [2.45, 2.75) is 24.7 Å². The second-order valence-corrected chi connectivity index (χ2v) is 9.11. The number of nitriles is 1. The number of hydrogen-bond acceptors (Lipinski definition) is 5. The molecule has 0 radical (unpaired) electrons. The summed E-state index contributed by atoms with van der Waals surface area (Å²) in [6, 6.07) is 10.5. The molecule has 0 bridgehead atoms. The Balaban J connectivity index is 1.63. The Kier molecular flexibility index (Phi) is 5.41. The number of amides is 1. The summed E-state index contributed by atoms with van der Waals surface area (Å²) >= 11 is 1.31. The fourth-order valence-electron chi connectivity index (χ4n) is 2.93. The second-order valence-electron chi connectivity index (χ2n) is 6.26. The number of benzene rings is 1. The van der Waals surface area contributed by atoms with Crippen molar-refractivity contribution < 1.29 is 13.2 Å². The summed E-state index contributed by atoms with van der Waals surface area (Å²) in [5.74, 6) is -0.413. The molecule has 1 fully saturated rings. The van der Waals surface area contributed by atoms with Gasteiger partial charge in [0.25, 0.3) is 0 Å². The number of aryl methyl sites for hydroxylation is 1. The van der Waals surface area contributed by atoms with E-state index in [4.69, 9.17) is 5.26 Å². The zero-order valence-corrected chi connectivity index (χ0v) is 15.9. The highest BCUT2D eigenvalue weighted by Gasteiger charge is 2.32. The number of nitrogens with zero attached hydrogens (tertiary/aromatic N) is 2. The molecule has 26 heavy (non-hydrogen) atoms. The number of carbonyl (C=O) groups excluding carboxylic acids is 1. The Hall–Kier alpha value is -2.21. The van der Waals surface area contributed by atoms with Gasteiger partial charge in [-0.15, -0.1) is 11.3 Å². The van der Waals surface area contributed by atoms with Crippen LogP contribution in [0.15, 0.2) is 40.6 Å². The molecule has 0 unspecified atom stereocenters. The Morgan fingerprint density at radius 1 is 1.23 bits per heavy atom. The number of piperidine rings is 1. The van der Waals surface area contributed by atoms with Crippen molar-refractivity contribution >= 4 is 32.3 Å². The minimum atomic E-state index is -3.53. The summed E-state index contributed by atoms with van der Waals surface area (Å²) in [6.07, 6.45) is 0.925. The van der Waals surface area contributed by atoms with Crippen LogP contribution in [-0.2, 0) is 14.8 Å². The van der Waals surface area contributed by atoms with Crippen LogP contribution >= 0.6 is 11.3 Å². The lowest BCUT2D eigenvalue weighted by atomic mass is 9.97. The van der Waals surface area contributed by atoms with Gasteiger partial charge in [-0.05, 0) is 43.3 Å². The average molecular weight is 390 g/mol. The van der Waals surface area contributed by atoms with Crippen LogP contribution in [0.25, 0.3) is 0 Å². The van der Waals surface area contributed by atoms with Gasteiger partial charge in [-0.2, -0.15) is 9.57 Å². The van der Waals surface area contributed by atoms with Crippen LogP contribution in [0.4, 0.5) is 5.00 Å². The minimum Gasteiger partial charge on any atom is -0.316 e. The summed E-state index contributed by atoms with van der Waals surface area (Å²) in [6.45, 7) is 2.53. The Morgan fingerprint density at radius 2 is 1.88 bits per heavy atom. The van der Waals surface area contributed by atoms with Crippen molar-refractivity contribution in [1.29, 1.82) is 5.26 Å². The molecule has 1 saturated heterocycles. The normalized spacial score (nSPS) is 16.2. The van der Waals surface area contributed by atoms with E-state index in [1.54, 1.807) is 35.7 Å². The van der Waals surface area contributed by atoms with E-state index in [1.165, 1.54) is 15.6 Å². The van der Waals surface area contributed by atoms with Gasteiger partial charge in [-0.1, -0.05) is 17.7 Å². The van der Waals surface area contributed by atoms with E-state index >= 15 is 0 Å². The molecule has 6 nitrogen and oxygen atoms in total. The average Bonchev–Trinajstić information content (AvgIpc) is 3.09. The van der Waals surface area contributed by atoms with Gasteiger partial charge in [0.15, 0.2) is 0 Å². The van der Waals surface area contributed by atoms with Crippen LogP contribution in [0.3, 0.4) is 0 Å². The number of sulfonamides is 1. The molecule has 0 spiro atoms. The molecule has 2 heterocycles. The molecule has 1 amide bonds. The first-order valence-corrected chi connectivity index (χ1v) is 10.6. The van der Waals surface area contributed by atoms with E-state index in [9.17, 15) is 13.2 Å². The number of hydrogen-bond donors (Lipinski definition) is 1. The number of thiophene rings is 1. The van der Waals surface area contributed by atoms with Gasteiger partial charge >= 0.3 is 0 Å². The molecular formula is C18H19N3O3S2. The summed E-state index contributed by atoms with van der Waals surface area (Å²) in [7, 11) is -3.53. The molecule has 1 aliphatic heterocycles. The first-order chi connectivity index (χ1) is 12.4. The molecule has 0 saturated carbocycles. The van der Waals surface area contributed by atoms with Crippen LogP contribution in [-0.4, -0.2) is 31.7 Å². The molecule has 3 rings (SSSR count). The van der Waals surface area contributed by atoms with Crippen molar-refractivity contribution in [1.82, 2.24) is 4.31 Å². The third-order valence-electron chi connectivity index (χ3n) is 4.51. The second kappa shape index (κ2) is 7.58. The third kappa shape index (κ3) is 3.80. The first kappa shape index (κ1) is 18.6. The van der Waals surface area contributed by atoms with Crippen LogP contribution < -0.4 is 5.32 Å². The zero-order valence-electron chi connectivity index (χ0n) is 14.3. The molecule has 1 aliphatic rings. The summed E-state index contributed by atoms with van der Waals surface area (Å²) in [5, 5.41) is 14.1. The fraction of sp³-hybridized carbons (Fsp3) is 0.333. The van der Waals surface area contributed by atoms with Crippen molar-refractivity contribution in [3.8, 4) is 6.07 Å². The van der Waals surface area contributed by atoms with Gasteiger partial charge in [0.1, 0.15) is 11.1 Å². The molecule has 2 aromatic rings. The van der Waals surface area contributed by atoms with E-state index in [1.807, 2.05) is 13.0 Å². The minimum absolute atomic E-state index is 0.156. The molecule has 136 valence electrons. The van der Waals surface area contributed by atoms with Gasteiger partial charge in [0.2, 0.25) is 15.9 Å². The van der Waals surface area contributed by atoms with Crippen molar-refractivity contribution in [3.05, 3.63) is 46.8 Å². The zero-order chi connectivity index (χ0) is 18.7. The molecule has 1 N–H and O–H groups in total. The van der Waals surface area contributed by atoms with Gasteiger partial charge in [0, 0.05) is 19.0 Å². The predicted octanol–water partition coefficient (Wildman–Crippen LogP) is 2.97. The summed E-state index contributed by atoms with van der Waals surface area (Å²) in [5.41, 5.74) is 1.45. The number of nitrogens with one attached hydrogen (secondary N) is 1. The maximum absolute atomic E-state index is 12.7. The lowest BCUT2D eigenvalue weighted by molar-refractivity contribution is -0.120. The molecule has 0 aliphatic carbocycles. The van der Waals surface area contributed by atoms with Gasteiger partial charge in [-0.25, -0.2) is 8.42 Å². The summed E-state index contributed by atoms with van der Waals surface area (Å²) in [4.78, 5) is 12.7. The van der Waals surface area contributed by atoms with E-state index in [0.717, 1.165) is 5.56 Å². The Bertz CT molecular complexity index is 935. The highest BCUT2D eigenvalue weighted by molar-refractivity contribution is 7.89. The van der Waals surface area contributed by atoms with Crippen LogP contribution in [0.1, 0.15) is 24.0 Å². The van der Waals surface area contributed by atoms with Crippen LogP contribution in [0, 0.1) is 24.2 Å². The molecule has 8 heteroatoms. The SMILES string of the molecule is Cc1ccc(S(=O)(=O)N2CCC(C(=O)Nc3sccc3C#N)CC2)cc1. The monoisotopic (exact) mass is 389 g/mol. The lowest BCUT2D eigenvalue weighted by Gasteiger charge is -2.30. The summed E-state index contributed by atoms with van der Waals surface area (Å²) < 4.78 is 26.8. The maximum Gasteiger partial charge on any atom is 0.243 e. The van der Waals surface area contributed by atoms with Crippen molar-refractivity contribution in [2.75, 3.05) is 18.4 Å². The van der Waals surface area contributed by atoms with Crippen molar-refractivity contribution in [2.24, 2.45) is 5.92 Å². The van der Waals surface area contributed by atoms with E-state index < -0.39 is 10.0 Å². The van der Waals surface area contributed by atoms with Crippen molar-refractivity contribution in [3.63, 3.8) is 0 Å². The number of rotatable bonds is 4. The standard InChI is InChI=1S/C18H19N3O3S2/c1-13-2-4-16(5-3-13)26(23,24)21-9-6-14(7-10-21)17(22)20-18-15(12-19)8-11-25-18/h2-5,8,11,14H,6-7,9-10H2,1H3,(H,20,22). The topological polar surface area (TPSA) is 90.3 Å². The fourth-order valence-corrected chi connectivity index (χ4v) is 5.14. The van der Waals surface area contributed by atoms with E-state index in [-0.39, 0.29) is 16.7 Å². The Morgan fingerprint density at radius 3 is 2.50 bits per heavy atom. The molecule has 0 atom stereocenters. The maximum atomic E-state index is 12.7. The molecular weight excluding hydrogens is 370 g/mol. The van der Waals surface area contributed by atoms with E-state index in [0.29, 0.717) is 36.5 Å². The first-order valence-electron chi connectivity index (χ1n) is 8.27. The lowest BCUT2D eigenvalue weighted by Crippen LogP contribution is -2.41. The quantitative estimate of drug-likeness (QED) is 0.870. The predicted molar refractivity (Wildman–Crippen MR) is 100 cm³/mol. The number of carbonyl (C=O) groups is 1. The molecule has 1 aromatic carbocycles. The van der Waals surface area contributed by atoms with Crippen LogP contribution in [0.2, 0.25) is 0 Å². The highest BCUT2D eigenvalue weighted by atomic mass is 32.2. The van der Waals surface area contributed by atoms with Gasteiger partial charge < -0.3 is 5.32 Å². The van der Waals surface area contributed by atoms with Gasteiger partial charge in [0.05, 0.1) is 10.5 Å². The molecule has 1 aromatic heterocycles.